The zero-order valence-electron chi connectivity index (χ0n) is 49.6. The molecule has 0 fully saturated rings. The fraction of sp³-hybridized carbons (Fsp3) is 0.290. The van der Waals surface area contributed by atoms with E-state index in [0.29, 0.717) is 29.6 Å². The molecule has 0 bridgehead atoms. The van der Waals surface area contributed by atoms with Crippen LogP contribution in [-0.2, 0) is 19.6 Å². The summed E-state index contributed by atoms with van der Waals surface area (Å²) in [6.07, 6.45) is 9.59. The van der Waals surface area contributed by atoms with Crippen molar-refractivity contribution in [3.63, 3.8) is 0 Å². The normalized spacial score (nSPS) is 10.8. The van der Waals surface area contributed by atoms with Gasteiger partial charge >= 0.3 is 17.5 Å². The summed E-state index contributed by atoms with van der Waals surface area (Å²) in [6, 6.07) is 46.2. The second-order valence-electron chi connectivity index (χ2n) is 18.9. The van der Waals surface area contributed by atoms with Crippen molar-refractivity contribution in [2.24, 2.45) is 40.9 Å². The Kier molecular flexibility index (Phi) is 33.8. The first-order valence-electron chi connectivity index (χ1n) is 27.4. The average Bonchev–Trinajstić information content (AvgIpc) is 3.61. The van der Waals surface area contributed by atoms with Crippen molar-refractivity contribution >= 4 is 117 Å². The molecule has 8 aromatic rings. The number of phenols is 2. The first-order valence-corrected chi connectivity index (χ1v) is 30.1. The molecule has 0 aliphatic carbocycles. The summed E-state index contributed by atoms with van der Waals surface area (Å²) >= 11 is 10.3. The van der Waals surface area contributed by atoms with Gasteiger partial charge in [0.1, 0.15) is 34.8 Å². The summed E-state index contributed by atoms with van der Waals surface area (Å²) in [7, 11) is 8.07. The smallest absolute Gasteiger partial charge is 0.350 e. The molecular formula is C62H74Br6N16O2. The van der Waals surface area contributed by atoms with Crippen LogP contribution in [0, 0.1) is 0 Å². The Morgan fingerprint density at radius 2 is 0.860 bits per heavy atom. The van der Waals surface area contributed by atoms with Gasteiger partial charge in [0.2, 0.25) is 0 Å². The molecular weight excluding hydrogens is 1480 g/mol. The monoisotopic (exact) mass is 1550 g/mol. The molecule has 0 saturated carbocycles. The largest absolute Gasteiger partial charge is 1.00 e. The number of hydrogen-bond donors (Lipinski definition) is 2. The minimum atomic E-state index is 0. The minimum Gasteiger partial charge on any atom is -1.00 e. The number of halogens is 6. The van der Waals surface area contributed by atoms with Crippen LogP contribution in [0.3, 0.4) is 0 Å². The van der Waals surface area contributed by atoms with E-state index < -0.39 is 0 Å². The number of azo groups is 4. The van der Waals surface area contributed by atoms with Gasteiger partial charge in [0.25, 0.3) is 0 Å². The molecule has 24 heteroatoms. The summed E-state index contributed by atoms with van der Waals surface area (Å²) in [5.41, 5.74) is 6.73. The molecule has 0 saturated heterocycles. The zero-order chi connectivity index (χ0) is 59.5. The van der Waals surface area contributed by atoms with Crippen LogP contribution in [0.4, 0.5) is 68.8 Å². The Balaban J connectivity index is 0.000000364. The predicted molar refractivity (Wildman–Crippen MR) is 344 cm³/mol. The maximum Gasteiger partial charge on any atom is 0.350 e. The van der Waals surface area contributed by atoms with Gasteiger partial charge in [-0.2, -0.15) is 0 Å². The maximum absolute atomic E-state index is 10.6. The lowest BCUT2D eigenvalue weighted by atomic mass is 10.2. The molecule has 0 spiro atoms. The summed E-state index contributed by atoms with van der Waals surface area (Å²) in [5, 5.41) is 56.1. The highest BCUT2D eigenvalue weighted by molar-refractivity contribution is 9.10. The van der Waals surface area contributed by atoms with Crippen molar-refractivity contribution < 1.29 is 74.9 Å². The number of aryl methyl sites for hydroxylation is 3. The Morgan fingerprint density at radius 3 is 1.29 bits per heavy atom. The van der Waals surface area contributed by atoms with Crippen LogP contribution >= 0.6 is 47.8 Å². The van der Waals surface area contributed by atoms with E-state index in [1.165, 1.54) is 0 Å². The van der Waals surface area contributed by atoms with E-state index in [2.05, 4.69) is 150 Å². The number of hydrogen-bond acceptors (Lipinski definition) is 15. The molecule has 8 rings (SSSR count). The van der Waals surface area contributed by atoms with E-state index in [4.69, 9.17) is 0 Å². The van der Waals surface area contributed by atoms with E-state index in [-0.39, 0.29) is 62.4 Å². The minimum absolute atomic E-state index is 0. The van der Waals surface area contributed by atoms with E-state index in [9.17, 15) is 10.2 Å². The topological polar surface area (TPSA) is 177 Å². The quantitative estimate of drug-likeness (QED) is 0.0376. The van der Waals surface area contributed by atoms with Gasteiger partial charge in [0.05, 0.1) is 51.8 Å². The number of benzene rings is 4. The highest BCUT2D eigenvalue weighted by atomic mass is 79.9. The number of aromatic nitrogens is 4. The lowest BCUT2D eigenvalue weighted by Crippen LogP contribution is -3.00. The molecule has 0 aliphatic heterocycles. The predicted octanol–water partition coefficient (Wildman–Crippen LogP) is 7.63. The van der Waals surface area contributed by atoms with E-state index in [0.717, 1.165) is 112 Å². The zero-order valence-corrected chi connectivity index (χ0v) is 59.1. The number of anilines is 4. The molecule has 456 valence electrons. The van der Waals surface area contributed by atoms with Gasteiger partial charge in [-0.15, -0.1) is 10.2 Å². The van der Waals surface area contributed by atoms with Crippen LogP contribution < -0.4 is 84.2 Å². The first-order chi connectivity index (χ1) is 40.2. The number of rotatable bonds is 23. The first kappa shape index (κ1) is 73.8. The Hall–Kier alpha value is -6.44. The number of aromatic hydroxyl groups is 2. The second-order valence-corrected chi connectivity index (χ2v) is 21.6. The van der Waals surface area contributed by atoms with Crippen LogP contribution in [0.5, 0.6) is 11.5 Å². The molecule has 0 radical (unpaired) electrons. The third kappa shape index (κ3) is 23.7. The number of nitrogens with zero attached hydrogens (tertiary/aromatic N) is 16. The standard InChI is InChI=1S/C31H36BrN8O.C16H20BrN4.C15H17BrN4O.3BrH/c1-5-38(6-2)27-16-17-28(29(41)22-27)34-36-31-18-11-24(32)23-40(31)21-9-20-39-19-8-7-10-30(39)35-33-25-12-14-26(15-13-25)37(3)4;1-20(2)15-9-7-14(8-10-15)18-19-16-6-3-4-12-21(16)13-5-11-17;1-3-20(4-2)12-6-7-13(14(21)9-12)18-19-15-8-5-11(16)10-17-15;;;/h7-8,10-19,22-23H,5-6,9,20-21H2,1-4H3;3-4,6-10,12H,5,11,13H2,1-2H3;5-10,21H,3-4H2,1-2H3;3*1H/q2*+1;;;;/p-2. The van der Waals surface area contributed by atoms with E-state index in [1.54, 1.807) is 36.5 Å². The molecule has 4 aromatic carbocycles. The third-order valence-electron chi connectivity index (χ3n) is 12.8. The fourth-order valence-electron chi connectivity index (χ4n) is 8.17. The summed E-state index contributed by atoms with van der Waals surface area (Å²) < 4.78 is 8.08. The lowest BCUT2D eigenvalue weighted by molar-refractivity contribution is -0.715. The second kappa shape index (κ2) is 39.4. The molecule has 2 N–H and O–H groups in total. The van der Waals surface area contributed by atoms with Crippen LogP contribution in [0.25, 0.3) is 0 Å². The van der Waals surface area contributed by atoms with Gasteiger partial charge < -0.3 is 80.8 Å². The van der Waals surface area contributed by atoms with Crippen LogP contribution in [0.15, 0.2) is 220 Å². The van der Waals surface area contributed by atoms with Crippen molar-refractivity contribution in [3.8, 4) is 11.5 Å². The third-order valence-corrected chi connectivity index (χ3v) is 14.3. The summed E-state index contributed by atoms with van der Waals surface area (Å²) in [4.78, 5) is 12.5. The number of phenolic OH excluding ortho intramolecular Hbond substituents is 2. The average molecular weight is 1550 g/mol. The lowest BCUT2D eigenvalue weighted by Gasteiger charge is -2.21. The highest BCUT2D eigenvalue weighted by Gasteiger charge is 2.16. The Labute approximate surface area is 562 Å². The van der Waals surface area contributed by atoms with Gasteiger partial charge in [-0.3, -0.25) is 0 Å². The molecule has 0 atom stereocenters. The van der Waals surface area contributed by atoms with Crippen LogP contribution in [0.2, 0.25) is 0 Å². The summed E-state index contributed by atoms with van der Waals surface area (Å²) in [6.45, 7) is 14.2. The number of pyridine rings is 4. The van der Waals surface area contributed by atoms with Gasteiger partial charge in [-0.05, 0) is 184 Å². The van der Waals surface area contributed by atoms with Gasteiger partial charge in [0, 0.05) is 130 Å². The van der Waals surface area contributed by atoms with Crippen molar-refractivity contribution in [2.75, 3.05) is 79.3 Å². The van der Waals surface area contributed by atoms with Gasteiger partial charge in [0.15, 0.2) is 11.5 Å². The maximum atomic E-state index is 10.6. The van der Waals surface area contributed by atoms with Crippen LogP contribution in [-0.4, -0.2) is 74.9 Å². The molecule has 86 heavy (non-hydrogen) atoms. The van der Waals surface area contributed by atoms with Crippen molar-refractivity contribution in [2.45, 2.75) is 60.2 Å². The summed E-state index contributed by atoms with van der Waals surface area (Å²) in [5.74, 6) is 3.06. The van der Waals surface area contributed by atoms with Crippen molar-refractivity contribution in [1.29, 1.82) is 0 Å². The SMILES string of the molecule is CCN(CC)c1ccc(N=Nc2ccc(Br)c[n+]2CCC[n+]2ccccc2N=Nc2ccc(N(C)C)cc2)c(O)c1.CCN(CC)c1ccc(N=Nc2ccc(Br)cn2)c(O)c1.CN(C)c1ccc(N=Nc2cccc[n+]2CCCBr)cc1.[Br-].[Br-].[Br-]. The Bertz CT molecular complexity index is 3400. The molecule has 18 nitrogen and oxygen atoms in total. The molecule has 4 heterocycles. The van der Waals surface area contributed by atoms with Gasteiger partial charge in [-0.25, -0.2) is 18.7 Å². The van der Waals surface area contributed by atoms with E-state index >= 15 is 0 Å². The fourth-order valence-corrected chi connectivity index (χ4v) is 9.03. The molecule has 4 aromatic heterocycles. The van der Waals surface area contributed by atoms with E-state index in [1.807, 2.05) is 167 Å². The molecule has 0 amide bonds. The Morgan fingerprint density at radius 1 is 0.442 bits per heavy atom. The van der Waals surface area contributed by atoms with Crippen molar-refractivity contribution in [1.82, 2.24) is 4.98 Å². The van der Waals surface area contributed by atoms with Crippen molar-refractivity contribution in [3.05, 3.63) is 179 Å². The highest BCUT2D eigenvalue weighted by Crippen LogP contribution is 2.34. The molecule has 0 aliphatic rings. The van der Waals surface area contributed by atoms with Crippen LogP contribution in [0.1, 0.15) is 40.5 Å². The molecule has 0 unspecified atom stereocenters. The van der Waals surface area contributed by atoms with Gasteiger partial charge in [-0.1, -0.05) is 28.1 Å². The number of alkyl halides is 1.